The smallest absolute Gasteiger partial charge is 0.269 e. The first-order valence-corrected chi connectivity index (χ1v) is 10.2. The molecule has 0 radical (unpaired) electrons. The number of amides is 1. The van der Waals surface area contributed by atoms with Crippen LogP contribution in [0.1, 0.15) is 17.0 Å². The third kappa shape index (κ3) is 5.68. The molecule has 10 heteroatoms. The number of hydrogen-bond donors (Lipinski definition) is 1. The molecule has 3 rings (SSSR count). The molecule has 1 aromatic heterocycles. The van der Waals surface area contributed by atoms with Gasteiger partial charge in [-0.25, -0.2) is 0 Å². The van der Waals surface area contributed by atoms with E-state index in [9.17, 15) is 14.9 Å². The number of nitrogens with zero attached hydrogens (tertiary/aromatic N) is 4. The summed E-state index contributed by atoms with van der Waals surface area (Å²) < 4.78 is 1.80. The van der Waals surface area contributed by atoms with Crippen molar-refractivity contribution in [3.05, 3.63) is 86.7 Å². The lowest BCUT2D eigenvalue weighted by Gasteiger charge is -2.05. The van der Waals surface area contributed by atoms with E-state index in [1.165, 1.54) is 30.0 Å². The summed E-state index contributed by atoms with van der Waals surface area (Å²) in [6.45, 7) is 0.229. The van der Waals surface area contributed by atoms with Gasteiger partial charge in [-0.05, 0) is 23.3 Å². The number of halogens is 1. The summed E-state index contributed by atoms with van der Waals surface area (Å²) in [5.41, 5.74) is 1.76. The molecule has 0 aliphatic rings. The predicted octanol–water partition coefficient (Wildman–Crippen LogP) is 4.00. The van der Waals surface area contributed by atoms with E-state index >= 15 is 0 Å². The van der Waals surface area contributed by atoms with Crippen molar-refractivity contribution in [2.24, 2.45) is 7.05 Å². The number of hydrogen-bond acceptors (Lipinski definition) is 6. The van der Waals surface area contributed by atoms with Crippen molar-refractivity contribution in [3.8, 4) is 0 Å². The average molecular weight is 444 g/mol. The van der Waals surface area contributed by atoms with Gasteiger partial charge in [0.15, 0.2) is 11.0 Å². The number of benzene rings is 2. The van der Waals surface area contributed by atoms with Gasteiger partial charge in [0.2, 0.25) is 5.91 Å². The molecule has 1 heterocycles. The van der Waals surface area contributed by atoms with Gasteiger partial charge in [0, 0.05) is 36.0 Å². The second-order valence-corrected chi connectivity index (χ2v) is 7.59. The summed E-state index contributed by atoms with van der Waals surface area (Å²) in [6, 6.07) is 13.6. The second-order valence-electron chi connectivity index (χ2n) is 6.24. The van der Waals surface area contributed by atoms with Crippen LogP contribution in [0.5, 0.6) is 0 Å². The van der Waals surface area contributed by atoms with Crippen LogP contribution in [0, 0.1) is 10.1 Å². The Labute approximate surface area is 182 Å². The molecule has 2 aromatic carbocycles. The molecule has 0 unspecified atom stereocenters. The molecule has 0 bridgehead atoms. The monoisotopic (exact) mass is 443 g/mol. The predicted molar refractivity (Wildman–Crippen MR) is 116 cm³/mol. The van der Waals surface area contributed by atoms with Crippen LogP contribution in [-0.2, 0) is 24.1 Å². The van der Waals surface area contributed by atoms with Crippen LogP contribution in [0.25, 0.3) is 6.08 Å². The Morgan fingerprint density at radius 3 is 2.67 bits per heavy atom. The minimum atomic E-state index is -0.427. The maximum absolute atomic E-state index is 12.1. The van der Waals surface area contributed by atoms with E-state index in [0.717, 1.165) is 11.1 Å². The van der Waals surface area contributed by atoms with Crippen molar-refractivity contribution < 1.29 is 9.72 Å². The summed E-state index contributed by atoms with van der Waals surface area (Å²) in [4.78, 5) is 22.3. The fourth-order valence-corrected chi connectivity index (χ4v) is 3.57. The van der Waals surface area contributed by atoms with Crippen LogP contribution < -0.4 is 5.32 Å². The first kappa shape index (κ1) is 21.5. The van der Waals surface area contributed by atoms with Crippen LogP contribution >= 0.6 is 23.4 Å². The summed E-state index contributed by atoms with van der Waals surface area (Å²) >= 11 is 7.52. The van der Waals surface area contributed by atoms with Gasteiger partial charge in [-0.15, -0.1) is 10.2 Å². The van der Waals surface area contributed by atoms with E-state index in [2.05, 4.69) is 15.5 Å². The van der Waals surface area contributed by atoms with Gasteiger partial charge in [0.1, 0.15) is 0 Å². The quantitative estimate of drug-likeness (QED) is 0.244. The molecule has 0 aliphatic heterocycles. The standard InChI is InChI=1S/C20H18ClN5O3S/c1-25-18(12-22-19(27)11-8-15-4-2-3-5-17(15)21)23-24-20(25)30-13-14-6-9-16(10-7-14)26(28)29/h2-11H,12-13H2,1H3,(H,22,27)/b11-8+. The molecule has 0 saturated heterocycles. The molecule has 0 fully saturated rings. The Kier molecular flexibility index (Phi) is 7.21. The van der Waals surface area contributed by atoms with Gasteiger partial charge in [-0.1, -0.05) is 53.7 Å². The van der Waals surface area contributed by atoms with Gasteiger partial charge < -0.3 is 9.88 Å². The van der Waals surface area contributed by atoms with E-state index in [4.69, 9.17) is 11.6 Å². The highest BCUT2D eigenvalue weighted by Crippen LogP contribution is 2.22. The summed E-state index contributed by atoms with van der Waals surface area (Å²) in [6.07, 6.45) is 3.07. The van der Waals surface area contributed by atoms with E-state index in [1.807, 2.05) is 25.2 Å². The Hall–Kier alpha value is -3.17. The highest BCUT2D eigenvalue weighted by atomic mass is 35.5. The number of nitro benzene ring substituents is 1. The summed E-state index contributed by atoms with van der Waals surface area (Å²) in [5, 5.41) is 23.0. The number of nitrogens with one attached hydrogen (secondary N) is 1. The third-order valence-electron chi connectivity index (χ3n) is 4.18. The van der Waals surface area contributed by atoms with Crippen molar-refractivity contribution in [2.45, 2.75) is 17.5 Å². The van der Waals surface area contributed by atoms with Crippen molar-refractivity contribution in [3.63, 3.8) is 0 Å². The maximum Gasteiger partial charge on any atom is 0.269 e. The Bertz CT molecular complexity index is 1080. The van der Waals surface area contributed by atoms with Crippen molar-refractivity contribution >= 4 is 41.0 Å². The highest BCUT2D eigenvalue weighted by Gasteiger charge is 2.11. The number of rotatable bonds is 8. The van der Waals surface area contributed by atoms with E-state index in [1.54, 1.807) is 28.8 Å². The fraction of sp³-hybridized carbons (Fsp3) is 0.150. The Morgan fingerprint density at radius 1 is 1.23 bits per heavy atom. The van der Waals surface area contributed by atoms with Crippen LogP contribution in [0.4, 0.5) is 5.69 Å². The first-order chi connectivity index (χ1) is 14.4. The lowest BCUT2D eigenvalue weighted by molar-refractivity contribution is -0.384. The molecule has 30 heavy (non-hydrogen) atoms. The fourth-order valence-electron chi connectivity index (χ4n) is 2.49. The summed E-state index contributed by atoms with van der Waals surface area (Å²) in [5.74, 6) is 0.940. The number of carbonyl (C=O) groups excluding carboxylic acids is 1. The lowest BCUT2D eigenvalue weighted by Crippen LogP contribution is -2.22. The Balaban J connectivity index is 1.53. The van der Waals surface area contributed by atoms with Crippen LogP contribution in [0.3, 0.4) is 0 Å². The molecule has 0 atom stereocenters. The largest absolute Gasteiger partial charge is 0.345 e. The molecular weight excluding hydrogens is 426 g/mol. The third-order valence-corrected chi connectivity index (χ3v) is 5.62. The molecular formula is C20H18ClN5O3S. The van der Waals surface area contributed by atoms with Crippen molar-refractivity contribution in [1.82, 2.24) is 20.1 Å². The maximum atomic E-state index is 12.1. The minimum Gasteiger partial charge on any atom is -0.345 e. The van der Waals surface area contributed by atoms with Gasteiger partial charge in [-0.2, -0.15) is 0 Å². The van der Waals surface area contributed by atoms with Crippen molar-refractivity contribution in [1.29, 1.82) is 0 Å². The molecule has 1 N–H and O–H groups in total. The van der Waals surface area contributed by atoms with Crippen molar-refractivity contribution in [2.75, 3.05) is 0 Å². The van der Waals surface area contributed by atoms with E-state index in [-0.39, 0.29) is 18.1 Å². The highest BCUT2D eigenvalue weighted by molar-refractivity contribution is 7.98. The summed E-state index contributed by atoms with van der Waals surface area (Å²) in [7, 11) is 1.82. The Morgan fingerprint density at radius 2 is 1.97 bits per heavy atom. The molecule has 0 saturated carbocycles. The van der Waals surface area contributed by atoms with Gasteiger partial charge >= 0.3 is 0 Å². The molecule has 154 valence electrons. The number of thioether (sulfide) groups is 1. The number of carbonyl (C=O) groups is 1. The zero-order valence-electron chi connectivity index (χ0n) is 16.0. The zero-order valence-corrected chi connectivity index (χ0v) is 17.6. The molecule has 0 aliphatic carbocycles. The minimum absolute atomic E-state index is 0.0593. The molecule has 1 amide bonds. The number of non-ortho nitro benzene ring substituents is 1. The number of nitro groups is 1. The van der Waals surface area contributed by atoms with Crippen LogP contribution in [0.15, 0.2) is 59.8 Å². The van der Waals surface area contributed by atoms with Gasteiger partial charge in [0.25, 0.3) is 5.69 Å². The molecule has 3 aromatic rings. The molecule has 8 nitrogen and oxygen atoms in total. The second kappa shape index (κ2) is 10.0. The molecule has 0 spiro atoms. The van der Waals surface area contributed by atoms with Crippen LogP contribution in [-0.4, -0.2) is 25.6 Å². The van der Waals surface area contributed by atoms with E-state index < -0.39 is 4.92 Å². The SMILES string of the molecule is Cn1c(CNC(=O)/C=C/c2ccccc2Cl)nnc1SCc1ccc([N+](=O)[O-])cc1. The lowest BCUT2D eigenvalue weighted by atomic mass is 10.2. The van der Waals surface area contributed by atoms with E-state index in [0.29, 0.717) is 21.8 Å². The normalized spacial score (nSPS) is 11.0. The van der Waals surface area contributed by atoms with Gasteiger partial charge in [-0.3, -0.25) is 14.9 Å². The van der Waals surface area contributed by atoms with Crippen LogP contribution in [0.2, 0.25) is 5.02 Å². The topological polar surface area (TPSA) is 103 Å². The first-order valence-electron chi connectivity index (χ1n) is 8.89. The average Bonchev–Trinajstić information content (AvgIpc) is 3.10. The number of aromatic nitrogens is 3. The van der Waals surface area contributed by atoms with Gasteiger partial charge in [0.05, 0.1) is 11.5 Å². The zero-order chi connectivity index (χ0) is 21.5.